The third-order valence-electron chi connectivity index (χ3n) is 2.22. The highest BCUT2D eigenvalue weighted by Crippen LogP contribution is 2.19. The Kier molecular flexibility index (Phi) is 2.71. The fourth-order valence-corrected chi connectivity index (χ4v) is 1.69. The second-order valence-corrected chi connectivity index (χ2v) is 3.49. The van der Waals surface area contributed by atoms with Crippen LogP contribution in [0.5, 0.6) is 0 Å². The van der Waals surface area contributed by atoms with Crippen molar-refractivity contribution in [3.05, 3.63) is 17.4 Å². The Bertz CT molecular complexity index is 285. The first-order valence-electron chi connectivity index (χ1n) is 4.41. The van der Waals surface area contributed by atoms with Gasteiger partial charge < -0.3 is 5.32 Å². The molecule has 1 atom stereocenters. The lowest BCUT2D eigenvalue weighted by atomic mass is 9.99. The van der Waals surface area contributed by atoms with Gasteiger partial charge >= 0.3 is 0 Å². The number of rotatable bonds is 1. The summed E-state index contributed by atoms with van der Waals surface area (Å²) in [5.41, 5.74) is 0. The Morgan fingerprint density at radius 1 is 1.46 bits per heavy atom. The van der Waals surface area contributed by atoms with Gasteiger partial charge in [-0.2, -0.15) is 0 Å². The van der Waals surface area contributed by atoms with Gasteiger partial charge in [0, 0.05) is 12.5 Å². The summed E-state index contributed by atoms with van der Waals surface area (Å²) in [6.45, 7) is 2.04. The van der Waals surface area contributed by atoms with Crippen molar-refractivity contribution in [2.45, 2.75) is 18.8 Å². The maximum Gasteiger partial charge on any atom is 0.225 e. The number of hydrogen-bond acceptors (Lipinski definition) is 4. The van der Waals surface area contributed by atoms with Gasteiger partial charge in [-0.05, 0) is 31.0 Å². The lowest BCUT2D eigenvalue weighted by Crippen LogP contribution is -2.29. The Labute approximate surface area is 81.8 Å². The van der Waals surface area contributed by atoms with Gasteiger partial charge in [0.2, 0.25) is 5.28 Å². The summed E-state index contributed by atoms with van der Waals surface area (Å²) in [6, 6.07) is 0. The average Bonchev–Trinajstić information content (AvgIpc) is 2.19. The maximum atomic E-state index is 5.68. The van der Waals surface area contributed by atoms with Crippen LogP contribution in [0.2, 0.25) is 5.28 Å². The Hall–Kier alpha value is -0.740. The van der Waals surface area contributed by atoms with Gasteiger partial charge in [-0.3, -0.25) is 0 Å². The van der Waals surface area contributed by atoms with E-state index in [1.54, 1.807) is 0 Å². The van der Waals surface area contributed by atoms with Crippen LogP contribution in [0.15, 0.2) is 6.33 Å². The van der Waals surface area contributed by atoms with E-state index >= 15 is 0 Å². The van der Waals surface area contributed by atoms with Gasteiger partial charge in [-0.15, -0.1) is 0 Å². The number of hydrogen-bond donors (Lipinski definition) is 1. The zero-order valence-electron chi connectivity index (χ0n) is 7.20. The van der Waals surface area contributed by atoms with Gasteiger partial charge in [0.25, 0.3) is 0 Å². The zero-order valence-corrected chi connectivity index (χ0v) is 7.96. The van der Waals surface area contributed by atoms with E-state index < -0.39 is 0 Å². The van der Waals surface area contributed by atoms with Crippen LogP contribution in [0.4, 0.5) is 0 Å². The summed E-state index contributed by atoms with van der Waals surface area (Å²) < 4.78 is 0. The van der Waals surface area contributed by atoms with Crippen LogP contribution in [0, 0.1) is 0 Å². The highest BCUT2D eigenvalue weighted by molar-refractivity contribution is 6.28. The molecule has 4 nitrogen and oxygen atoms in total. The van der Waals surface area contributed by atoms with Crippen molar-refractivity contribution in [2.75, 3.05) is 13.1 Å². The number of halogens is 1. The average molecular weight is 199 g/mol. The standard InChI is InChI=1S/C8H11ClN4/c9-8-12-5-11-7(13-8)6-2-1-3-10-4-6/h5-6,10H,1-4H2. The van der Waals surface area contributed by atoms with E-state index in [2.05, 4.69) is 20.3 Å². The van der Waals surface area contributed by atoms with Crippen molar-refractivity contribution < 1.29 is 0 Å². The molecular weight excluding hydrogens is 188 g/mol. The predicted molar refractivity (Wildman–Crippen MR) is 49.7 cm³/mol. The van der Waals surface area contributed by atoms with Gasteiger partial charge in [-0.25, -0.2) is 15.0 Å². The molecule has 1 aliphatic heterocycles. The molecular formula is C8H11ClN4. The van der Waals surface area contributed by atoms with Crippen LogP contribution in [0.25, 0.3) is 0 Å². The second-order valence-electron chi connectivity index (χ2n) is 3.16. The molecule has 5 heteroatoms. The Morgan fingerprint density at radius 3 is 3.08 bits per heavy atom. The van der Waals surface area contributed by atoms with Gasteiger partial charge in [0.15, 0.2) is 0 Å². The van der Waals surface area contributed by atoms with Crippen molar-refractivity contribution in [3.63, 3.8) is 0 Å². The molecule has 0 radical (unpaired) electrons. The number of nitrogens with one attached hydrogen (secondary N) is 1. The van der Waals surface area contributed by atoms with Gasteiger partial charge in [0.05, 0.1) is 0 Å². The first-order chi connectivity index (χ1) is 6.36. The van der Waals surface area contributed by atoms with Crippen LogP contribution < -0.4 is 5.32 Å². The Morgan fingerprint density at radius 2 is 2.38 bits per heavy atom. The molecule has 1 aromatic heterocycles. The van der Waals surface area contributed by atoms with Crippen molar-refractivity contribution >= 4 is 11.6 Å². The van der Waals surface area contributed by atoms with Crippen LogP contribution in [0.1, 0.15) is 24.6 Å². The highest BCUT2D eigenvalue weighted by atomic mass is 35.5. The van der Waals surface area contributed by atoms with Crippen LogP contribution in [0.3, 0.4) is 0 Å². The quantitative estimate of drug-likeness (QED) is 0.732. The first kappa shape index (κ1) is 8.84. The van der Waals surface area contributed by atoms with E-state index in [9.17, 15) is 0 Å². The number of aromatic nitrogens is 3. The second kappa shape index (κ2) is 3.98. The number of nitrogens with zero attached hydrogens (tertiary/aromatic N) is 3. The monoisotopic (exact) mass is 198 g/mol. The fourth-order valence-electron chi connectivity index (χ4n) is 1.56. The Balaban J connectivity index is 2.14. The van der Waals surface area contributed by atoms with Crippen LogP contribution in [-0.4, -0.2) is 28.0 Å². The molecule has 1 saturated heterocycles. The number of piperidine rings is 1. The minimum absolute atomic E-state index is 0.288. The van der Waals surface area contributed by atoms with E-state index in [0.717, 1.165) is 25.3 Å². The van der Waals surface area contributed by atoms with E-state index in [0.29, 0.717) is 5.92 Å². The third kappa shape index (κ3) is 2.14. The topological polar surface area (TPSA) is 50.7 Å². The fraction of sp³-hybridized carbons (Fsp3) is 0.625. The summed E-state index contributed by atoms with van der Waals surface area (Å²) in [5.74, 6) is 1.21. The van der Waals surface area contributed by atoms with Crippen molar-refractivity contribution in [1.29, 1.82) is 0 Å². The summed E-state index contributed by atoms with van der Waals surface area (Å²) >= 11 is 5.68. The summed E-state index contributed by atoms with van der Waals surface area (Å²) in [7, 11) is 0. The molecule has 2 heterocycles. The summed E-state index contributed by atoms with van der Waals surface area (Å²) in [6.07, 6.45) is 3.78. The summed E-state index contributed by atoms with van der Waals surface area (Å²) in [5, 5.41) is 3.60. The summed E-state index contributed by atoms with van der Waals surface area (Å²) in [4.78, 5) is 12.0. The molecule has 1 unspecified atom stereocenters. The molecule has 1 fully saturated rings. The molecule has 0 aliphatic carbocycles. The molecule has 2 rings (SSSR count). The van der Waals surface area contributed by atoms with E-state index in [1.165, 1.54) is 12.7 Å². The zero-order chi connectivity index (χ0) is 9.10. The highest BCUT2D eigenvalue weighted by Gasteiger charge is 2.17. The van der Waals surface area contributed by atoms with E-state index in [-0.39, 0.29) is 5.28 Å². The molecule has 1 aromatic rings. The van der Waals surface area contributed by atoms with Crippen molar-refractivity contribution in [3.8, 4) is 0 Å². The SMILES string of the molecule is Clc1ncnc(C2CCCNC2)n1. The molecule has 1 aliphatic rings. The van der Waals surface area contributed by atoms with Crippen molar-refractivity contribution in [2.24, 2.45) is 0 Å². The normalized spacial score (nSPS) is 23.0. The predicted octanol–water partition coefficient (Wildman–Crippen LogP) is 0.992. The van der Waals surface area contributed by atoms with Gasteiger partial charge in [0.1, 0.15) is 12.2 Å². The molecule has 1 N–H and O–H groups in total. The first-order valence-corrected chi connectivity index (χ1v) is 4.79. The minimum Gasteiger partial charge on any atom is -0.316 e. The van der Waals surface area contributed by atoms with Gasteiger partial charge in [-0.1, -0.05) is 0 Å². The smallest absolute Gasteiger partial charge is 0.225 e. The molecule has 0 amide bonds. The van der Waals surface area contributed by atoms with Crippen LogP contribution >= 0.6 is 11.6 Å². The maximum absolute atomic E-state index is 5.68. The van der Waals surface area contributed by atoms with Crippen LogP contribution in [-0.2, 0) is 0 Å². The molecule has 0 aromatic carbocycles. The minimum atomic E-state index is 0.288. The van der Waals surface area contributed by atoms with Crippen molar-refractivity contribution in [1.82, 2.24) is 20.3 Å². The third-order valence-corrected chi connectivity index (χ3v) is 2.41. The molecule has 13 heavy (non-hydrogen) atoms. The lowest BCUT2D eigenvalue weighted by molar-refractivity contribution is 0.445. The molecule has 0 saturated carbocycles. The van der Waals surface area contributed by atoms with E-state index in [4.69, 9.17) is 11.6 Å². The molecule has 0 bridgehead atoms. The molecule has 70 valence electrons. The largest absolute Gasteiger partial charge is 0.316 e. The molecule has 0 spiro atoms. The lowest BCUT2D eigenvalue weighted by Gasteiger charge is -2.20. The van der Waals surface area contributed by atoms with E-state index in [1.807, 2.05) is 0 Å².